The maximum Gasteiger partial charge on any atom is 0.344 e. The van der Waals surface area contributed by atoms with E-state index >= 15 is 0 Å². The van der Waals surface area contributed by atoms with Crippen molar-refractivity contribution in [2.24, 2.45) is 0 Å². The molecule has 0 saturated carbocycles. The van der Waals surface area contributed by atoms with Crippen LogP contribution in [-0.4, -0.2) is 36.4 Å². The monoisotopic (exact) mass is 686 g/mol. The van der Waals surface area contributed by atoms with E-state index in [4.69, 9.17) is 18.9 Å². The first kappa shape index (κ1) is 33.4. The molecule has 7 heteroatoms. The minimum atomic E-state index is -0.568. The second-order valence-electron chi connectivity index (χ2n) is 12.7. The fourth-order valence-corrected chi connectivity index (χ4v) is 5.35. The van der Waals surface area contributed by atoms with E-state index in [9.17, 15) is 9.59 Å². The number of hydrogen-bond donors (Lipinski definition) is 0. The SMILES string of the molecule is Cc1cc(C(c2ccc(I)cc2)c2cc(C)c(OCC(=O)OC(C)(C)C)c(C)c2)cc(C)c1OCC(=O)OC(C)(C)C. The number of hydrogen-bond acceptors (Lipinski definition) is 6. The van der Waals surface area contributed by atoms with Crippen molar-refractivity contribution in [2.45, 2.75) is 86.4 Å². The maximum atomic E-state index is 12.3. The van der Waals surface area contributed by atoms with Gasteiger partial charge in [0.1, 0.15) is 22.7 Å². The molecule has 0 spiro atoms. The van der Waals surface area contributed by atoms with Crippen molar-refractivity contribution >= 4 is 34.5 Å². The number of rotatable bonds is 9. The lowest BCUT2D eigenvalue weighted by Crippen LogP contribution is -2.27. The molecule has 3 aromatic carbocycles. The van der Waals surface area contributed by atoms with Gasteiger partial charge in [-0.3, -0.25) is 0 Å². The Labute approximate surface area is 264 Å². The van der Waals surface area contributed by atoms with Crippen molar-refractivity contribution < 1.29 is 28.5 Å². The first-order chi connectivity index (χ1) is 19.4. The Morgan fingerprint density at radius 2 is 0.952 bits per heavy atom. The Kier molecular flexibility index (Phi) is 10.7. The van der Waals surface area contributed by atoms with Crippen molar-refractivity contribution in [2.75, 3.05) is 13.2 Å². The molecule has 0 aromatic heterocycles. The summed E-state index contributed by atoms with van der Waals surface area (Å²) in [4.78, 5) is 24.6. The Morgan fingerprint density at radius 3 is 1.26 bits per heavy atom. The van der Waals surface area contributed by atoms with Crippen LogP contribution in [0.5, 0.6) is 11.5 Å². The van der Waals surface area contributed by atoms with Gasteiger partial charge >= 0.3 is 11.9 Å². The minimum absolute atomic E-state index is 0.0587. The topological polar surface area (TPSA) is 71.1 Å². The molecule has 3 rings (SSSR count). The Morgan fingerprint density at radius 1 is 0.619 bits per heavy atom. The van der Waals surface area contributed by atoms with Crippen molar-refractivity contribution in [3.63, 3.8) is 0 Å². The molecular formula is C35H43IO6. The van der Waals surface area contributed by atoms with Crippen LogP contribution in [0, 0.1) is 31.3 Å². The summed E-state index contributed by atoms with van der Waals surface area (Å²) in [5.41, 5.74) is 5.99. The number of esters is 2. The standard InChI is InChI=1S/C35H43IO6/c1-21-15-26(16-22(2)32(21)39-19-29(37)41-34(5,6)7)31(25-11-13-28(36)14-12-25)27-17-23(3)33(24(4)18-27)40-20-30(38)42-35(8,9)10/h11-18,31H,19-20H2,1-10H3. The molecule has 3 aromatic rings. The predicted octanol–water partition coefficient (Wildman–Crippen LogP) is 8.15. The third-order valence-corrected chi connectivity index (χ3v) is 7.06. The highest BCUT2D eigenvalue weighted by Gasteiger charge is 2.23. The van der Waals surface area contributed by atoms with Crippen LogP contribution in [-0.2, 0) is 19.1 Å². The average molecular weight is 687 g/mol. The molecule has 0 N–H and O–H groups in total. The van der Waals surface area contributed by atoms with Crippen LogP contribution in [0.25, 0.3) is 0 Å². The molecule has 6 nitrogen and oxygen atoms in total. The molecule has 0 aliphatic rings. The molecule has 42 heavy (non-hydrogen) atoms. The molecule has 0 unspecified atom stereocenters. The molecule has 0 bridgehead atoms. The number of halogens is 1. The highest BCUT2D eigenvalue weighted by Crippen LogP contribution is 2.39. The summed E-state index contributed by atoms with van der Waals surface area (Å²) in [7, 11) is 0. The quantitative estimate of drug-likeness (QED) is 0.129. The molecule has 0 fully saturated rings. The first-order valence-corrected chi connectivity index (χ1v) is 15.2. The van der Waals surface area contributed by atoms with Gasteiger partial charge in [0.15, 0.2) is 13.2 Å². The second-order valence-corrected chi connectivity index (χ2v) is 13.9. The van der Waals surface area contributed by atoms with Crippen molar-refractivity contribution in [1.29, 1.82) is 0 Å². The molecule has 0 amide bonds. The zero-order valence-corrected chi connectivity index (χ0v) is 28.6. The summed E-state index contributed by atoms with van der Waals surface area (Å²) in [6.07, 6.45) is 0. The summed E-state index contributed by atoms with van der Waals surface area (Å²) in [6.45, 7) is 18.7. The summed E-state index contributed by atoms with van der Waals surface area (Å²) in [5.74, 6) is 0.509. The fraction of sp³-hybridized carbons (Fsp3) is 0.429. The first-order valence-electron chi connectivity index (χ1n) is 14.1. The van der Waals surface area contributed by atoms with Gasteiger partial charge in [-0.15, -0.1) is 0 Å². The van der Waals surface area contributed by atoms with Crippen LogP contribution in [0.3, 0.4) is 0 Å². The molecule has 0 heterocycles. The van der Waals surface area contributed by atoms with E-state index in [1.165, 1.54) is 0 Å². The van der Waals surface area contributed by atoms with Crippen LogP contribution in [0.1, 0.15) is 86.4 Å². The lowest BCUT2D eigenvalue weighted by Gasteiger charge is -2.24. The smallest absolute Gasteiger partial charge is 0.344 e. The lowest BCUT2D eigenvalue weighted by atomic mass is 9.82. The van der Waals surface area contributed by atoms with E-state index in [0.717, 1.165) is 42.5 Å². The molecule has 0 aliphatic heterocycles. The summed E-state index contributed by atoms with van der Waals surface area (Å²) in [5, 5.41) is 0. The van der Waals surface area contributed by atoms with Gasteiger partial charge in [0.25, 0.3) is 0 Å². The number of ether oxygens (including phenoxy) is 4. The fourth-order valence-electron chi connectivity index (χ4n) is 4.99. The molecule has 0 aliphatic carbocycles. The van der Waals surface area contributed by atoms with Crippen LogP contribution in [0.2, 0.25) is 0 Å². The Hall–Kier alpha value is -3.07. The zero-order chi connectivity index (χ0) is 31.4. The van der Waals surface area contributed by atoms with Crippen molar-refractivity contribution in [3.8, 4) is 11.5 Å². The van der Waals surface area contributed by atoms with Gasteiger partial charge in [-0.2, -0.15) is 0 Å². The van der Waals surface area contributed by atoms with E-state index in [0.29, 0.717) is 11.5 Å². The number of carbonyl (C=O) groups is 2. The molecule has 0 atom stereocenters. The summed E-state index contributed by atoms with van der Waals surface area (Å²) >= 11 is 2.32. The highest BCUT2D eigenvalue weighted by atomic mass is 127. The van der Waals surface area contributed by atoms with Crippen LogP contribution in [0.4, 0.5) is 0 Å². The summed E-state index contributed by atoms with van der Waals surface area (Å²) < 4.78 is 23.9. The zero-order valence-electron chi connectivity index (χ0n) is 26.4. The molecule has 226 valence electrons. The minimum Gasteiger partial charge on any atom is -0.481 e. The van der Waals surface area contributed by atoms with Gasteiger partial charge in [0.05, 0.1) is 0 Å². The average Bonchev–Trinajstić information content (AvgIpc) is 2.82. The summed E-state index contributed by atoms with van der Waals surface area (Å²) in [6, 6.07) is 17.0. The Bertz CT molecular complexity index is 1290. The van der Waals surface area contributed by atoms with Crippen molar-refractivity contribution in [3.05, 3.63) is 91.0 Å². The number of carbonyl (C=O) groups excluding carboxylic acids is 2. The van der Waals surface area contributed by atoms with Gasteiger partial charge in [-0.25, -0.2) is 9.59 Å². The normalized spacial score (nSPS) is 11.8. The highest BCUT2D eigenvalue weighted by molar-refractivity contribution is 14.1. The molecule has 0 saturated heterocycles. The van der Waals surface area contributed by atoms with Crippen LogP contribution in [0.15, 0.2) is 48.5 Å². The van der Waals surface area contributed by atoms with Gasteiger partial charge < -0.3 is 18.9 Å². The molecular weight excluding hydrogens is 643 g/mol. The van der Waals surface area contributed by atoms with Gasteiger partial charge in [-0.05, 0) is 143 Å². The van der Waals surface area contributed by atoms with Gasteiger partial charge in [0.2, 0.25) is 0 Å². The predicted molar refractivity (Wildman–Crippen MR) is 175 cm³/mol. The number of aryl methyl sites for hydroxylation is 4. The van der Waals surface area contributed by atoms with E-state index < -0.39 is 23.1 Å². The number of benzene rings is 3. The van der Waals surface area contributed by atoms with E-state index in [1.807, 2.05) is 69.2 Å². The van der Waals surface area contributed by atoms with E-state index in [-0.39, 0.29) is 19.1 Å². The lowest BCUT2D eigenvalue weighted by molar-refractivity contribution is -0.158. The van der Waals surface area contributed by atoms with Gasteiger partial charge in [0, 0.05) is 9.49 Å². The van der Waals surface area contributed by atoms with E-state index in [1.54, 1.807) is 0 Å². The third-order valence-electron chi connectivity index (χ3n) is 6.34. The second kappa shape index (κ2) is 13.5. The van der Waals surface area contributed by atoms with Crippen molar-refractivity contribution in [1.82, 2.24) is 0 Å². The van der Waals surface area contributed by atoms with Crippen LogP contribution >= 0.6 is 22.6 Å². The van der Waals surface area contributed by atoms with E-state index in [2.05, 4.69) is 71.1 Å². The Balaban J connectivity index is 1.97. The van der Waals surface area contributed by atoms with Crippen LogP contribution < -0.4 is 9.47 Å². The third kappa shape index (κ3) is 9.48. The molecule has 0 radical (unpaired) electrons. The maximum absolute atomic E-state index is 12.3. The largest absolute Gasteiger partial charge is 0.481 e. The van der Waals surface area contributed by atoms with Gasteiger partial charge in [-0.1, -0.05) is 36.4 Å².